The van der Waals surface area contributed by atoms with Crippen molar-refractivity contribution in [1.29, 1.82) is 0 Å². The predicted octanol–water partition coefficient (Wildman–Crippen LogP) is 4.11. The molecule has 0 unspecified atom stereocenters. The van der Waals surface area contributed by atoms with Gasteiger partial charge in [0.2, 0.25) is 0 Å². The second-order valence-corrected chi connectivity index (χ2v) is 5.99. The van der Waals surface area contributed by atoms with Crippen LogP contribution in [0.2, 0.25) is 5.02 Å². The van der Waals surface area contributed by atoms with Crippen LogP contribution < -0.4 is 15.8 Å². The Morgan fingerprint density at radius 3 is 2.50 bits per heavy atom. The van der Waals surface area contributed by atoms with E-state index in [0.717, 1.165) is 5.56 Å². The van der Waals surface area contributed by atoms with Crippen molar-refractivity contribution < 1.29 is 14.3 Å². The maximum atomic E-state index is 12.4. The van der Waals surface area contributed by atoms with E-state index in [0.29, 0.717) is 34.3 Å². The summed E-state index contributed by atoms with van der Waals surface area (Å²) >= 11 is 6.00. The first kappa shape index (κ1) is 18.1. The Bertz CT molecular complexity index is 715. The molecule has 0 spiro atoms. The summed E-state index contributed by atoms with van der Waals surface area (Å²) in [5.74, 6) is 0.0521. The van der Waals surface area contributed by atoms with Crippen molar-refractivity contribution in [2.24, 2.45) is 0 Å². The first-order valence-corrected chi connectivity index (χ1v) is 7.93. The molecule has 1 amide bonds. The van der Waals surface area contributed by atoms with Crippen molar-refractivity contribution in [3.8, 4) is 5.75 Å². The van der Waals surface area contributed by atoms with Gasteiger partial charge in [-0.3, -0.25) is 4.79 Å². The third-order valence-corrected chi connectivity index (χ3v) is 3.69. The number of halogens is 1. The molecule has 0 aliphatic heterocycles. The number of nitrogens with one attached hydrogen (secondary N) is 1. The highest BCUT2D eigenvalue weighted by molar-refractivity contribution is 6.33. The summed E-state index contributed by atoms with van der Waals surface area (Å²) in [6.45, 7) is 4.51. The zero-order valence-electron chi connectivity index (χ0n) is 13.9. The molecule has 0 aliphatic carbocycles. The highest BCUT2D eigenvalue weighted by Gasteiger charge is 2.15. The number of anilines is 2. The van der Waals surface area contributed by atoms with Crippen molar-refractivity contribution in [2.45, 2.75) is 26.6 Å². The van der Waals surface area contributed by atoms with Gasteiger partial charge in [-0.2, -0.15) is 0 Å². The van der Waals surface area contributed by atoms with Crippen LogP contribution in [0.1, 0.15) is 29.8 Å². The van der Waals surface area contributed by atoms with Crippen LogP contribution in [0.3, 0.4) is 0 Å². The van der Waals surface area contributed by atoms with Crippen molar-refractivity contribution in [3.63, 3.8) is 0 Å². The lowest BCUT2D eigenvalue weighted by molar-refractivity contribution is 0.0657. The van der Waals surface area contributed by atoms with Gasteiger partial charge in [-0.1, -0.05) is 23.7 Å². The third-order valence-electron chi connectivity index (χ3n) is 3.36. The zero-order chi connectivity index (χ0) is 17.7. The summed E-state index contributed by atoms with van der Waals surface area (Å²) in [6.07, 6.45) is 0.173. The van der Waals surface area contributed by atoms with E-state index in [1.54, 1.807) is 0 Å². The van der Waals surface area contributed by atoms with E-state index in [9.17, 15) is 4.79 Å². The fourth-order valence-corrected chi connectivity index (χ4v) is 2.22. The summed E-state index contributed by atoms with van der Waals surface area (Å²) in [4.78, 5) is 12.4. The fourth-order valence-electron chi connectivity index (χ4n) is 2.06. The summed E-state index contributed by atoms with van der Waals surface area (Å²) in [7, 11) is 1.48. The van der Waals surface area contributed by atoms with Crippen molar-refractivity contribution in [1.82, 2.24) is 0 Å². The van der Waals surface area contributed by atoms with E-state index in [4.69, 9.17) is 26.8 Å². The van der Waals surface area contributed by atoms with Gasteiger partial charge < -0.3 is 20.5 Å². The van der Waals surface area contributed by atoms with Gasteiger partial charge in [0.05, 0.1) is 36.1 Å². The van der Waals surface area contributed by atoms with Crippen LogP contribution in [-0.2, 0) is 11.3 Å². The minimum Gasteiger partial charge on any atom is -0.496 e. The maximum absolute atomic E-state index is 12.4. The van der Waals surface area contributed by atoms with E-state index in [1.807, 2.05) is 38.1 Å². The smallest absolute Gasteiger partial charge is 0.259 e. The number of carbonyl (C=O) groups is 1. The number of amides is 1. The lowest BCUT2D eigenvalue weighted by Crippen LogP contribution is -2.13. The number of hydrogen-bond donors (Lipinski definition) is 2. The molecule has 24 heavy (non-hydrogen) atoms. The van der Waals surface area contributed by atoms with E-state index in [2.05, 4.69) is 5.32 Å². The summed E-state index contributed by atoms with van der Waals surface area (Å²) in [6, 6.07) is 10.5. The van der Waals surface area contributed by atoms with Crippen LogP contribution in [0.5, 0.6) is 5.75 Å². The molecule has 128 valence electrons. The molecular weight excluding hydrogens is 328 g/mol. The number of carbonyl (C=O) groups excluding carboxylic acids is 1. The SMILES string of the molecule is COc1cc(N)c(Cl)cc1C(=O)Nc1ccc(COC(C)C)cc1. The molecule has 0 heterocycles. The summed E-state index contributed by atoms with van der Waals surface area (Å²) < 4.78 is 10.7. The van der Waals surface area contributed by atoms with Gasteiger partial charge in [0.25, 0.3) is 5.91 Å². The van der Waals surface area contributed by atoms with Gasteiger partial charge >= 0.3 is 0 Å². The highest BCUT2D eigenvalue weighted by atomic mass is 35.5. The molecule has 2 aromatic carbocycles. The van der Waals surface area contributed by atoms with Gasteiger partial charge in [0.1, 0.15) is 5.75 Å². The lowest BCUT2D eigenvalue weighted by Gasteiger charge is -2.12. The Labute approximate surface area is 146 Å². The van der Waals surface area contributed by atoms with E-state index in [-0.39, 0.29) is 12.0 Å². The van der Waals surface area contributed by atoms with Gasteiger partial charge in [-0.15, -0.1) is 0 Å². The first-order valence-electron chi connectivity index (χ1n) is 7.55. The number of methoxy groups -OCH3 is 1. The Morgan fingerprint density at radius 1 is 1.25 bits per heavy atom. The van der Waals surface area contributed by atoms with Crippen LogP contribution >= 0.6 is 11.6 Å². The van der Waals surface area contributed by atoms with Crippen LogP contribution in [0, 0.1) is 0 Å². The molecule has 6 heteroatoms. The number of hydrogen-bond acceptors (Lipinski definition) is 4. The molecule has 0 saturated carbocycles. The Balaban J connectivity index is 2.11. The molecule has 3 N–H and O–H groups in total. The van der Waals surface area contributed by atoms with Crippen LogP contribution in [0.15, 0.2) is 36.4 Å². The van der Waals surface area contributed by atoms with Crippen molar-refractivity contribution in [3.05, 3.63) is 52.5 Å². The van der Waals surface area contributed by atoms with Crippen LogP contribution in [0.25, 0.3) is 0 Å². The number of ether oxygens (including phenoxy) is 2. The average Bonchev–Trinajstić information content (AvgIpc) is 2.56. The Morgan fingerprint density at radius 2 is 1.92 bits per heavy atom. The van der Waals surface area contributed by atoms with Crippen LogP contribution in [-0.4, -0.2) is 19.1 Å². The molecule has 0 bridgehead atoms. The molecule has 0 aromatic heterocycles. The van der Waals surface area contributed by atoms with E-state index in [1.165, 1.54) is 19.2 Å². The minimum absolute atomic E-state index is 0.173. The van der Waals surface area contributed by atoms with Gasteiger partial charge in [-0.05, 0) is 37.6 Å². The number of nitrogens with two attached hydrogens (primary N) is 1. The predicted molar refractivity (Wildman–Crippen MR) is 96.7 cm³/mol. The second-order valence-electron chi connectivity index (χ2n) is 5.58. The molecule has 0 radical (unpaired) electrons. The van der Waals surface area contributed by atoms with Crippen molar-refractivity contribution >= 4 is 28.9 Å². The van der Waals surface area contributed by atoms with Gasteiger partial charge in [-0.25, -0.2) is 0 Å². The monoisotopic (exact) mass is 348 g/mol. The lowest BCUT2D eigenvalue weighted by atomic mass is 10.1. The standard InChI is InChI=1S/C18H21ClN2O3/c1-11(2)24-10-12-4-6-13(7-5-12)21-18(22)14-8-15(19)16(20)9-17(14)23-3/h4-9,11H,10,20H2,1-3H3,(H,21,22). The molecule has 0 fully saturated rings. The number of rotatable bonds is 6. The van der Waals surface area contributed by atoms with Gasteiger partial charge in [0, 0.05) is 11.8 Å². The quantitative estimate of drug-likeness (QED) is 0.770. The van der Waals surface area contributed by atoms with Crippen LogP contribution in [0.4, 0.5) is 11.4 Å². The second kappa shape index (κ2) is 8.04. The van der Waals surface area contributed by atoms with Crippen molar-refractivity contribution in [2.75, 3.05) is 18.2 Å². The molecule has 0 saturated heterocycles. The maximum Gasteiger partial charge on any atom is 0.259 e. The number of nitrogen functional groups attached to an aromatic ring is 1. The molecule has 2 rings (SSSR count). The molecular formula is C18H21ClN2O3. The molecule has 0 aliphatic rings. The Hall–Kier alpha value is -2.24. The van der Waals surface area contributed by atoms with Gasteiger partial charge in [0.15, 0.2) is 0 Å². The van der Waals surface area contributed by atoms with E-state index >= 15 is 0 Å². The summed E-state index contributed by atoms with van der Waals surface area (Å²) in [5.41, 5.74) is 8.12. The molecule has 5 nitrogen and oxygen atoms in total. The number of benzene rings is 2. The van der Waals surface area contributed by atoms with E-state index < -0.39 is 0 Å². The Kier molecular flexibility index (Phi) is 6.06. The highest BCUT2D eigenvalue weighted by Crippen LogP contribution is 2.29. The molecule has 2 aromatic rings. The first-order chi connectivity index (χ1) is 11.4. The normalized spacial score (nSPS) is 10.7. The minimum atomic E-state index is -0.320. The average molecular weight is 349 g/mol. The largest absolute Gasteiger partial charge is 0.496 e. The summed E-state index contributed by atoms with van der Waals surface area (Å²) in [5, 5.41) is 3.12. The fraction of sp³-hybridized carbons (Fsp3) is 0.278. The topological polar surface area (TPSA) is 73.6 Å². The third kappa shape index (κ3) is 4.63. The molecule has 0 atom stereocenters. The zero-order valence-corrected chi connectivity index (χ0v) is 14.7.